The quantitative estimate of drug-likeness (QED) is 0.493. The summed E-state index contributed by atoms with van der Waals surface area (Å²) in [4.78, 5) is 0. The van der Waals surface area contributed by atoms with E-state index in [4.69, 9.17) is 4.74 Å². The molecule has 0 aromatic heterocycles. The molecule has 4 nitrogen and oxygen atoms in total. The summed E-state index contributed by atoms with van der Waals surface area (Å²) in [7, 11) is 0. The molecule has 0 saturated carbocycles. The minimum absolute atomic E-state index is 0. The summed E-state index contributed by atoms with van der Waals surface area (Å²) >= 11 is 0. The van der Waals surface area contributed by atoms with Crippen LogP contribution < -0.4 is 5.32 Å². The normalized spacial score (nSPS) is 44.8. The second-order valence-electron chi connectivity index (χ2n) is 3.67. The van der Waals surface area contributed by atoms with Gasteiger partial charge in [-0.05, 0) is 19.4 Å². The van der Waals surface area contributed by atoms with Crippen molar-refractivity contribution in [3.63, 3.8) is 0 Å². The number of hydrogen-bond donors (Lipinski definition) is 3. The van der Waals surface area contributed by atoms with Gasteiger partial charge in [0.25, 0.3) is 0 Å². The Kier molecular flexibility index (Phi) is 3.54. The molecule has 5 heteroatoms. The van der Waals surface area contributed by atoms with Gasteiger partial charge in [-0.15, -0.1) is 12.4 Å². The van der Waals surface area contributed by atoms with Gasteiger partial charge >= 0.3 is 0 Å². The molecule has 0 aromatic rings. The predicted octanol–water partition coefficient (Wildman–Crippen LogP) is -0.718. The molecule has 78 valence electrons. The van der Waals surface area contributed by atoms with Gasteiger partial charge < -0.3 is 20.3 Å². The van der Waals surface area contributed by atoms with Gasteiger partial charge in [-0.25, -0.2) is 0 Å². The van der Waals surface area contributed by atoms with Gasteiger partial charge in [0.15, 0.2) is 0 Å². The van der Waals surface area contributed by atoms with Crippen molar-refractivity contribution in [2.24, 2.45) is 0 Å². The third-order valence-electron chi connectivity index (χ3n) is 2.82. The predicted molar refractivity (Wildman–Crippen MR) is 50.0 cm³/mol. The zero-order valence-electron chi connectivity index (χ0n) is 7.40. The summed E-state index contributed by atoms with van der Waals surface area (Å²) in [6.07, 6.45) is 0.428. The molecule has 0 amide bonds. The third kappa shape index (κ3) is 1.82. The largest absolute Gasteiger partial charge is 0.388 e. The molecule has 2 saturated heterocycles. The highest BCUT2D eigenvalue weighted by Gasteiger charge is 2.49. The molecule has 1 spiro atoms. The van der Waals surface area contributed by atoms with Gasteiger partial charge in [0.1, 0.15) is 17.8 Å². The second kappa shape index (κ2) is 4.11. The maximum absolute atomic E-state index is 9.66. The Morgan fingerprint density at radius 1 is 1.38 bits per heavy atom. The number of hydrogen-bond acceptors (Lipinski definition) is 4. The molecule has 0 aliphatic carbocycles. The molecule has 2 heterocycles. The van der Waals surface area contributed by atoms with E-state index in [-0.39, 0.29) is 19.0 Å². The van der Waals surface area contributed by atoms with E-state index in [1.54, 1.807) is 0 Å². The molecular weight excluding hydrogens is 194 g/mol. The zero-order valence-corrected chi connectivity index (χ0v) is 8.22. The van der Waals surface area contributed by atoms with Gasteiger partial charge in [0, 0.05) is 6.54 Å². The molecule has 3 N–H and O–H groups in total. The number of halogens is 1. The first-order valence-corrected chi connectivity index (χ1v) is 4.45. The lowest BCUT2D eigenvalue weighted by Crippen LogP contribution is -2.53. The second-order valence-corrected chi connectivity index (χ2v) is 3.67. The average molecular weight is 210 g/mol. The Hall–Kier alpha value is 0.130. The number of ether oxygens (including phenoxy) is 1. The Morgan fingerprint density at radius 3 is 2.62 bits per heavy atom. The fourth-order valence-electron chi connectivity index (χ4n) is 2.06. The summed E-state index contributed by atoms with van der Waals surface area (Å²) in [5.41, 5.74) is -0.502. The molecule has 2 fully saturated rings. The number of aliphatic hydroxyl groups is 2. The molecule has 0 bridgehead atoms. The fraction of sp³-hybridized carbons (Fsp3) is 1.00. The summed E-state index contributed by atoms with van der Waals surface area (Å²) in [6.45, 7) is 1.90. The van der Waals surface area contributed by atoms with E-state index in [0.29, 0.717) is 6.54 Å². The summed E-state index contributed by atoms with van der Waals surface area (Å²) in [5, 5.41) is 22.1. The lowest BCUT2D eigenvalue weighted by molar-refractivity contribution is -0.0766. The van der Waals surface area contributed by atoms with Crippen LogP contribution in [0.2, 0.25) is 0 Å². The molecule has 2 rings (SSSR count). The number of rotatable bonds is 0. The van der Waals surface area contributed by atoms with Gasteiger partial charge in [-0.3, -0.25) is 0 Å². The first kappa shape index (κ1) is 11.2. The van der Waals surface area contributed by atoms with Gasteiger partial charge in [0.2, 0.25) is 0 Å². The lowest BCUT2D eigenvalue weighted by atomic mass is 9.88. The summed E-state index contributed by atoms with van der Waals surface area (Å²) in [5.74, 6) is 0. The Bertz CT molecular complexity index is 167. The maximum Gasteiger partial charge on any atom is 0.112 e. The van der Waals surface area contributed by atoms with E-state index in [2.05, 4.69) is 5.32 Å². The highest BCUT2D eigenvalue weighted by atomic mass is 35.5. The molecule has 0 radical (unpaired) electrons. The SMILES string of the molecule is Cl.O[C@@H]1COC2(CCCNC2)[C@@H]1O. The number of nitrogens with one attached hydrogen (secondary N) is 1. The Morgan fingerprint density at radius 2 is 2.15 bits per heavy atom. The zero-order chi connectivity index (χ0) is 8.60. The van der Waals surface area contributed by atoms with E-state index in [1.807, 2.05) is 0 Å². The van der Waals surface area contributed by atoms with E-state index in [1.165, 1.54) is 0 Å². The molecule has 2 aliphatic heterocycles. The van der Waals surface area contributed by atoms with Crippen LogP contribution in [0.25, 0.3) is 0 Å². The van der Waals surface area contributed by atoms with Gasteiger partial charge in [-0.1, -0.05) is 0 Å². The Balaban J connectivity index is 0.000000845. The Labute approximate surface area is 83.7 Å². The topological polar surface area (TPSA) is 61.7 Å². The first-order chi connectivity index (χ1) is 5.75. The van der Waals surface area contributed by atoms with Crippen molar-refractivity contribution < 1.29 is 14.9 Å². The van der Waals surface area contributed by atoms with Crippen LogP contribution in [0.15, 0.2) is 0 Å². The van der Waals surface area contributed by atoms with Crippen molar-refractivity contribution in [3.8, 4) is 0 Å². The number of piperidine rings is 1. The summed E-state index contributed by atoms with van der Waals surface area (Å²) < 4.78 is 5.44. The highest BCUT2D eigenvalue weighted by molar-refractivity contribution is 5.85. The van der Waals surface area contributed by atoms with E-state index in [0.717, 1.165) is 19.4 Å². The van der Waals surface area contributed by atoms with Crippen LogP contribution in [0.1, 0.15) is 12.8 Å². The molecule has 1 unspecified atom stereocenters. The van der Waals surface area contributed by atoms with Gasteiger partial charge in [0.05, 0.1) is 6.61 Å². The van der Waals surface area contributed by atoms with Crippen molar-refractivity contribution in [2.45, 2.75) is 30.7 Å². The highest BCUT2D eigenvalue weighted by Crippen LogP contribution is 2.32. The molecular formula is C8H16ClNO3. The monoisotopic (exact) mass is 209 g/mol. The third-order valence-corrected chi connectivity index (χ3v) is 2.82. The van der Waals surface area contributed by atoms with Crippen molar-refractivity contribution >= 4 is 12.4 Å². The van der Waals surface area contributed by atoms with Crippen LogP contribution in [0.4, 0.5) is 0 Å². The lowest BCUT2D eigenvalue weighted by Gasteiger charge is -2.35. The maximum atomic E-state index is 9.66. The van der Waals surface area contributed by atoms with Crippen LogP contribution in [-0.4, -0.2) is 47.7 Å². The van der Waals surface area contributed by atoms with Crippen LogP contribution >= 0.6 is 12.4 Å². The van der Waals surface area contributed by atoms with E-state index >= 15 is 0 Å². The minimum atomic E-state index is -0.717. The van der Waals surface area contributed by atoms with Gasteiger partial charge in [-0.2, -0.15) is 0 Å². The molecule has 0 aromatic carbocycles. The standard InChI is InChI=1S/C8H15NO3.ClH/c10-6-4-12-8(7(6)11)2-1-3-9-5-8;/h6-7,9-11H,1-5H2;1H/t6-,7-,8?;/m1./s1. The molecule has 13 heavy (non-hydrogen) atoms. The van der Waals surface area contributed by atoms with Crippen LogP contribution in [0.5, 0.6) is 0 Å². The van der Waals surface area contributed by atoms with Crippen LogP contribution in [-0.2, 0) is 4.74 Å². The van der Waals surface area contributed by atoms with Crippen LogP contribution in [0.3, 0.4) is 0 Å². The van der Waals surface area contributed by atoms with Crippen molar-refractivity contribution in [3.05, 3.63) is 0 Å². The summed E-state index contributed by atoms with van der Waals surface area (Å²) in [6, 6.07) is 0. The first-order valence-electron chi connectivity index (χ1n) is 4.45. The molecule has 3 atom stereocenters. The van der Waals surface area contributed by atoms with E-state index < -0.39 is 17.8 Å². The number of aliphatic hydroxyl groups excluding tert-OH is 2. The van der Waals surface area contributed by atoms with Crippen molar-refractivity contribution in [1.29, 1.82) is 0 Å². The van der Waals surface area contributed by atoms with Crippen LogP contribution in [0, 0.1) is 0 Å². The van der Waals surface area contributed by atoms with Crippen molar-refractivity contribution in [1.82, 2.24) is 5.32 Å². The smallest absolute Gasteiger partial charge is 0.112 e. The van der Waals surface area contributed by atoms with E-state index in [9.17, 15) is 10.2 Å². The van der Waals surface area contributed by atoms with Crippen molar-refractivity contribution in [2.75, 3.05) is 19.7 Å². The minimum Gasteiger partial charge on any atom is -0.388 e. The fourth-order valence-corrected chi connectivity index (χ4v) is 2.06. The average Bonchev–Trinajstić information content (AvgIpc) is 2.37. The molecule has 2 aliphatic rings.